The number of ether oxygens (including phenoxy) is 3. The number of nitrogens with zero attached hydrogens (tertiary/aromatic N) is 2. The molecule has 0 saturated carbocycles. The molecule has 3 heterocycles. The molecule has 0 aliphatic carbocycles. The van der Waals surface area contributed by atoms with Gasteiger partial charge in [-0.1, -0.05) is 74.3 Å². The summed E-state index contributed by atoms with van der Waals surface area (Å²) in [6, 6.07) is 18.2. The van der Waals surface area contributed by atoms with Crippen LogP contribution in [0.4, 0.5) is 5.69 Å². The quantitative estimate of drug-likeness (QED) is 0.0711. The largest absolute Gasteiger partial charge is 0.382 e. The third-order valence-corrected chi connectivity index (χ3v) is 15.6. The van der Waals surface area contributed by atoms with Gasteiger partial charge in [0.1, 0.15) is 6.04 Å². The summed E-state index contributed by atoms with van der Waals surface area (Å²) < 4.78 is 44.2. The molecular formula is C49H63Cl2N5O10S. The van der Waals surface area contributed by atoms with Crippen molar-refractivity contribution in [3.63, 3.8) is 0 Å². The van der Waals surface area contributed by atoms with E-state index < -0.39 is 44.5 Å². The number of fused-ring (bicyclic) bond motifs is 1. The van der Waals surface area contributed by atoms with Crippen molar-refractivity contribution >= 4 is 68.3 Å². The van der Waals surface area contributed by atoms with Gasteiger partial charge in [-0.3, -0.25) is 29.3 Å². The number of carbonyl (C=O) groups is 5. The molecule has 0 spiro atoms. The minimum absolute atomic E-state index is 0.122. The number of benzene rings is 3. The maximum atomic E-state index is 15.1. The molecule has 6 rings (SSSR count). The van der Waals surface area contributed by atoms with Gasteiger partial charge in [0.25, 0.3) is 5.91 Å². The predicted molar refractivity (Wildman–Crippen MR) is 257 cm³/mol. The minimum Gasteiger partial charge on any atom is -0.382 e. The number of halogens is 2. The number of hydrogen-bond acceptors (Lipinski definition) is 11. The molecule has 15 nitrogen and oxygen atoms in total. The third-order valence-electron chi connectivity index (χ3n) is 12.8. The summed E-state index contributed by atoms with van der Waals surface area (Å²) >= 11 is 12.9. The number of rotatable bonds is 23. The molecule has 2 saturated heterocycles. The molecule has 0 aromatic heterocycles. The number of anilines is 1. The van der Waals surface area contributed by atoms with E-state index >= 15 is 4.79 Å². The van der Waals surface area contributed by atoms with E-state index in [1.165, 1.54) is 4.90 Å². The fourth-order valence-corrected chi connectivity index (χ4v) is 10.9. The van der Waals surface area contributed by atoms with Crippen LogP contribution in [-0.2, 0) is 49.8 Å². The number of piperidine rings is 2. The molecule has 2 unspecified atom stereocenters. The number of sulfone groups is 1. The van der Waals surface area contributed by atoms with Crippen LogP contribution >= 0.6 is 23.2 Å². The zero-order valence-electron chi connectivity index (χ0n) is 38.9. The maximum absolute atomic E-state index is 15.1. The lowest BCUT2D eigenvalue weighted by Crippen LogP contribution is -2.59. The Hall–Kier alpha value is -4.58. The Morgan fingerprint density at radius 1 is 0.851 bits per heavy atom. The van der Waals surface area contributed by atoms with E-state index in [0.717, 1.165) is 22.4 Å². The van der Waals surface area contributed by atoms with Crippen molar-refractivity contribution in [1.82, 2.24) is 20.4 Å². The van der Waals surface area contributed by atoms with E-state index in [4.69, 9.17) is 37.4 Å². The number of nitrogens with one attached hydrogen (secondary N) is 3. The monoisotopic (exact) mass is 983 g/mol. The van der Waals surface area contributed by atoms with E-state index in [1.807, 2.05) is 50.2 Å². The van der Waals surface area contributed by atoms with Gasteiger partial charge >= 0.3 is 0 Å². The summed E-state index contributed by atoms with van der Waals surface area (Å²) in [5.41, 5.74) is 2.62. The third kappa shape index (κ3) is 12.9. The minimum atomic E-state index is -3.59. The molecule has 2 fully saturated rings. The molecule has 3 aliphatic heterocycles. The first-order valence-corrected chi connectivity index (χ1v) is 25.4. The van der Waals surface area contributed by atoms with Crippen molar-refractivity contribution in [3.8, 4) is 0 Å². The Morgan fingerprint density at radius 2 is 1.51 bits per heavy atom. The molecule has 5 amide bonds. The Labute approximate surface area is 403 Å². The first kappa shape index (κ1) is 51.8. The number of amides is 5. The second-order valence-corrected chi connectivity index (χ2v) is 21.8. The lowest BCUT2D eigenvalue weighted by atomic mass is 9.66. The molecule has 3 aromatic carbocycles. The first-order chi connectivity index (χ1) is 31.9. The number of imide groups is 1. The Kier molecular flexibility index (Phi) is 17.9. The number of carbonyl (C=O) groups excluding carboxylic acids is 5. The summed E-state index contributed by atoms with van der Waals surface area (Å²) in [6.45, 7) is 11.8. The highest BCUT2D eigenvalue weighted by Crippen LogP contribution is 2.52. The summed E-state index contributed by atoms with van der Waals surface area (Å²) in [7, 11) is -3.59. The summed E-state index contributed by atoms with van der Waals surface area (Å²) in [5, 5.41) is 8.96. The van der Waals surface area contributed by atoms with Crippen LogP contribution in [-0.4, -0.2) is 124 Å². The average Bonchev–Trinajstić information content (AvgIpc) is 3.61. The van der Waals surface area contributed by atoms with Crippen LogP contribution in [0.1, 0.15) is 99.3 Å². The normalized spacial score (nSPS) is 21.5. The maximum Gasteiger partial charge on any atom is 0.255 e. The summed E-state index contributed by atoms with van der Waals surface area (Å²) in [6.07, 6.45) is 0.686. The molecule has 5 atom stereocenters. The van der Waals surface area contributed by atoms with Gasteiger partial charge < -0.3 is 34.6 Å². The van der Waals surface area contributed by atoms with Crippen molar-refractivity contribution in [2.75, 3.05) is 63.8 Å². The molecular weight excluding hydrogens is 922 g/mol. The van der Waals surface area contributed by atoms with Crippen LogP contribution in [0.3, 0.4) is 0 Å². The SMILES string of the molecule is CC(C)C(CS(=O)(=O)C(C)C)N1C(=O)[C@@](C)(CC(=O)NCCOCCOCCOCCNc2cccc3c2CN(C2CCC(=O)NC2=O)C3=O)C[C@H](c2cccc(Cl)c2)[C@H]1c1ccc(Cl)cc1. The van der Waals surface area contributed by atoms with Gasteiger partial charge in [-0.15, -0.1) is 0 Å². The lowest BCUT2D eigenvalue weighted by Gasteiger charge is -2.53. The molecule has 0 bridgehead atoms. The first-order valence-electron chi connectivity index (χ1n) is 23.0. The highest BCUT2D eigenvalue weighted by Gasteiger charge is 2.53. The van der Waals surface area contributed by atoms with Crippen molar-refractivity contribution in [3.05, 3.63) is 99.0 Å². The Morgan fingerprint density at radius 3 is 2.15 bits per heavy atom. The van der Waals surface area contributed by atoms with E-state index in [0.29, 0.717) is 68.0 Å². The zero-order valence-corrected chi connectivity index (χ0v) is 41.2. The molecule has 3 aromatic rings. The van der Waals surface area contributed by atoms with Crippen LogP contribution in [0.5, 0.6) is 0 Å². The van der Waals surface area contributed by atoms with Gasteiger partial charge in [0.2, 0.25) is 23.6 Å². The molecule has 3 aliphatic rings. The van der Waals surface area contributed by atoms with E-state index in [2.05, 4.69) is 16.0 Å². The average molecular weight is 985 g/mol. The van der Waals surface area contributed by atoms with E-state index in [-0.39, 0.29) is 73.8 Å². The van der Waals surface area contributed by atoms with Crippen LogP contribution in [0.2, 0.25) is 10.0 Å². The predicted octanol–water partition coefficient (Wildman–Crippen LogP) is 6.33. The highest BCUT2D eigenvalue weighted by atomic mass is 35.5. The van der Waals surface area contributed by atoms with Gasteiger partial charge in [0.05, 0.1) is 62.1 Å². The molecule has 3 N–H and O–H groups in total. The highest BCUT2D eigenvalue weighted by molar-refractivity contribution is 7.92. The van der Waals surface area contributed by atoms with Gasteiger partial charge in [0, 0.05) is 71.3 Å². The smallest absolute Gasteiger partial charge is 0.255 e. The van der Waals surface area contributed by atoms with Gasteiger partial charge in [-0.05, 0) is 80.1 Å². The van der Waals surface area contributed by atoms with E-state index in [9.17, 15) is 27.6 Å². The van der Waals surface area contributed by atoms with Crippen molar-refractivity contribution in [2.45, 2.75) is 96.1 Å². The standard InChI is InChI=1S/C49H63Cl2N5O10S/c1-31(2)42(30-67(62,63)32(3)4)56-45(33-12-14-35(50)15-13-33)38(34-8-6-9-36(51)26-34)27-49(5,48(56)61)28-44(58)53-19-21-65-23-25-66-24-22-64-20-18-52-40-11-7-10-37-39(40)29-55(47(37)60)41-16-17-43(57)54-46(41)59/h6-15,26,31-32,38,41-42,45,52H,16-25,27-30H2,1-5H3,(H,53,58)(H,54,57,59)/t38-,41?,42?,45-,49-/m1/s1. The van der Waals surface area contributed by atoms with Crippen LogP contribution < -0.4 is 16.0 Å². The molecule has 67 heavy (non-hydrogen) atoms. The Bertz CT molecular complexity index is 2370. The van der Waals surface area contributed by atoms with Crippen LogP contribution in [0, 0.1) is 11.3 Å². The fraction of sp³-hybridized carbons (Fsp3) is 0.531. The summed E-state index contributed by atoms with van der Waals surface area (Å²) in [5.74, 6) is -2.42. The Balaban J connectivity index is 0.956. The molecule has 364 valence electrons. The van der Waals surface area contributed by atoms with Crippen LogP contribution in [0.25, 0.3) is 0 Å². The van der Waals surface area contributed by atoms with Gasteiger partial charge in [-0.2, -0.15) is 0 Å². The topological polar surface area (TPSA) is 190 Å². The zero-order chi connectivity index (χ0) is 48.5. The fourth-order valence-electron chi connectivity index (χ4n) is 9.17. The second-order valence-electron chi connectivity index (χ2n) is 18.3. The number of likely N-dealkylation sites (tertiary alicyclic amines) is 1. The lowest BCUT2D eigenvalue weighted by molar-refractivity contribution is -0.158. The van der Waals surface area contributed by atoms with Crippen LogP contribution in [0.15, 0.2) is 66.7 Å². The molecule has 0 radical (unpaired) electrons. The van der Waals surface area contributed by atoms with Crippen molar-refractivity contribution < 1.29 is 46.6 Å². The second kappa shape index (κ2) is 23.1. The van der Waals surface area contributed by atoms with Crippen molar-refractivity contribution in [2.24, 2.45) is 11.3 Å². The summed E-state index contributed by atoms with van der Waals surface area (Å²) in [4.78, 5) is 69.1. The van der Waals surface area contributed by atoms with Crippen molar-refractivity contribution in [1.29, 1.82) is 0 Å². The van der Waals surface area contributed by atoms with Gasteiger partial charge in [0.15, 0.2) is 9.84 Å². The van der Waals surface area contributed by atoms with E-state index in [1.54, 1.807) is 56.0 Å². The van der Waals surface area contributed by atoms with Gasteiger partial charge in [-0.25, -0.2) is 8.42 Å². The molecule has 18 heteroatoms. The number of hydrogen-bond donors (Lipinski definition) is 3.